The first-order valence-electron chi connectivity index (χ1n) is 8.90. The third-order valence-electron chi connectivity index (χ3n) is 5.09. The van der Waals surface area contributed by atoms with Crippen molar-refractivity contribution in [1.82, 2.24) is 9.88 Å². The van der Waals surface area contributed by atoms with Crippen LogP contribution in [0.1, 0.15) is 24.1 Å². The van der Waals surface area contributed by atoms with Crippen molar-refractivity contribution < 1.29 is 14.6 Å². The molecule has 1 aromatic heterocycles. The van der Waals surface area contributed by atoms with Gasteiger partial charge in [-0.3, -0.25) is 0 Å². The molecule has 26 heavy (non-hydrogen) atoms. The summed E-state index contributed by atoms with van der Waals surface area (Å²) < 4.78 is 5.39. The largest absolute Gasteiger partial charge is 0.445 e. The summed E-state index contributed by atoms with van der Waals surface area (Å²) >= 11 is 0. The molecular weight excluding hydrogens is 328 g/mol. The lowest BCUT2D eigenvalue weighted by molar-refractivity contribution is -0.0281. The summed E-state index contributed by atoms with van der Waals surface area (Å²) in [7, 11) is 0. The highest BCUT2D eigenvalue weighted by molar-refractivity contribution is 5.80. The van der Waals surface area contributed by atoms with E-state index < -0.39 is 5.60 Å². The second kappa shape index (κ2) is 6.84. The number of rotatable bonds is 3. The zero-order valence-electron chi connectivity index (χ0n) is 14.5. The number of aliphatic hydroxyl groups is 1. The van der Waals surface area contributed by atoms with Crippen LogP contribution in [0, 0.1) is 0 Å². The smallest absolute Gasteiger partial charge is 0.410 e. The summed E-state index contributed by atoms with van der Waals surface area (Å²) in [5, 5.41) is 12.1. The van der Waals surface area contributed by atoms with Gasteiger partial charge in [0.1, 0.15) is 12.2 Å². The number of aromatic amines is 1. The Morgan fingerprint density at radius 3 is 2.50 bits per heavy atom. The number of ether oxygens (including phenoxy) is 1. The lowest BCUT2D eigenvalue weighted by atomic mass is 9.88. The molecule has 0 saturated carbocycles. The van der Waals surface area contributed by atoms with Crippen LogP contribution < -0.4 is 0 Å². The highest BCUT2D eigenvalue weighted by atomic mass is 16.6. The summed E-state index contributed by atoms with van der Waals surface area (Å²) in [5.74, 6) is 0. The first-order valence-corrected chi connectivity index (χ1v) is 8.90. The number of nitrogens with one attached hydrogen (secondary N) is 1. The van der Waals surface area contributed by atoms with Gasteiger partial charge in [0.15, 0.2) is 0 Å². The van der Waals surface area contributed by atoms with Gasteiger partial charge in [0.05, 0.1) is 0 Å². The number of fused-ring (bicyclic) bond motifs is 1. The number of benzene rings is 2. The number of hydrogen-bond acceptors (Lipinski definition) is 3. The van der Waals surface area contributed by atoms with Crippen LogP contribution in [0.25, 0.3) is 10.9 Å². The van der Waals surface area contributed by atoms with E-state index >= 15 is 0 Å². The van der Waals surface area contributed by atoms with Gasteiger partial charge >= 0.3 is 6.09 Å². The molecular formula is C21H22N2O3. The Morgan fingerprint density at radius 2 is 1.77 bits per heavy atom. The van der Waals surface area contributed by atoms with Crippen LogP contribution in [-0.4, -0.2) is 34.2 Å². The molecule has 3 aromatic rings. The average Bonchev–Trinajstić information content (AvgIpc) is 3.13. The van der Waals surface area contributed by atoms with E-state index in [0.29, 0.717) is 25.9 Å². The van der Waals surface area contributed by atoms with Gasteiger partial charge in [-0.1, -0.05) is 48.5 Å². The number of amides is 1. The molecule has 1 aliphatic rings. The third-order valence-corrected chi connectivity index (χ3v) is 5.09. The van der Waals surface area contributed by atoms with E-state index in [9.17, 15) is 9.90 Å². The molecule has 2 heterocycles. The molecule has 1 fully saturated rings. The maximum Gasteiger partial charge on any atom is 0.410 e. The number of nitrogens with zero attached hydrogens (tertiary/aromatic N) is 1. The van der Waals surface area contributed by atoms with Gasteiger partial charge < -0.3 is 19.7 Å². The first kappa shape index (κ1) is 16.7. The Kier molecular flexibility index (Phi) is 4.39. The topological polar surface area (TPSA) is 65.6 Å². The lowest BCUT2D eigenvalue weighted by Crippen LogP contribution is -2.45. The van der Waals surface area contributed by atoms with Crippen molar-refractivity contribution in [3.63, 3.8) is 0 Å². The van der Waals surface area contributed by atoms with Crippen LogP contribution in [0.3, 0.4) is 0 Å². The Morgan fingerprint density at radius 1 is 1.08 bits per heavy atom. The van der Waals surface area contributed by atoms with E-state index in [1.807, 2.05) is 60.7 Å². The van der Waals surface area contributed by atoms with Crippen molar-refractivity contribution in [2.75, 3.05) is 13.1 Å². The van der Waals surface area contributed by atoms with Crippen LogP contribution in [0.15, 0.2) is 60.7 Å². The van der Waals surface area contributed by atoms with Gasteiger partial charge in [-0.2, -0.15) is 0 Å². The second-order valence-electron chi connectivity index (χ2n) is 6.83. The van der Waals surface area contributed by atoms with Crippen LogP contribution in [0.2, 0.25) is 0 Å². The maximum absolute atomic E-state index is 12.3. The predicted octanol–water partition coefficient (Wildman–Crippen LogP) is 3.79. The summed E-state index contributed by atoms with van der Waals surface area (Å²) in [6.45, 7) is 1.21. The number of hydrogen-bond donors (Lipinski definition) is 2. The number of carbonyl (C=O) groups is 1. The average molecular weight is 350 g/mol. The van der Waals surface area contributed by atoms with E-state index in [1.165, 1.54) is 0 Å². The number of likely N-dealkylation sites (tertiary alicyclic amines) is 1. The minimum atomic E-state index is -0.935. The Balaban J connectivity index is 1.37. The van der Waals surface area contributed by atoms with E-state index in [0.717, 1.165) is 22.2 Å². The zero-order chi connectivity index (χ0) is 18.0. The van der Waals surface area contributed by atoms with Crippen LogP contribution in [-0.2, 0) is 16.9 Å². The third kappa shape index (κ3) is 3.30. The number of H-pyrrole nitrogens is 1. The van der Waals surface area contributed by atoms with E-state index in [4.69, 9.17) is 4.74 Å². The minimum Gasteiger partial charge on any atom is -0.445 e. The molecule has 0 radical (unpaired) electrons. The van der Waals surface area contributed by atoms with Gasteiger partial charge in [-0.15, -0.1) is 0 Å². The Bertz CT molecular complexity index is 863. The standard InChI is InChI=1S/C21H22N2O3/c24-20(26-15-16-6-2-1-3-7-16)23-12-10-21(25,11-13-23)19-14-17-8-4-5-9-18(17)22-19/h1-9,14,22,25H,10-13,15H2. The van der Waals surface area contributed by atoms with Crippen LogP contribution >= 0.6 is 0 Å². The van der Waals surface area contributed by atoms with Crippen molar-refractivity contribution >= 4 is 17.0 Å². The molecule has 0 unspecified atom stereocenters. The highest BCUT2D eigenvalue weighted by Gasteiger charge is 2.37. The van der Waals surface area contributed by atoms with Crippen molar-refractivity contribution in [1.29, 1.82) is 0 Å². The van der Waals surface area contributed by atoms with Crippen molar-refractivity contribution in [3.05, 3.63) is 71.9 Å². The van der Waals surface area contributed by atoms with Gasteiger partial charge in [-0.05, 0) is 35.9 Å². The molecule has 1 aliphatic heterocycles. The van der Waals surface area contributed by atoms with Gasteiger partial charge in [0.25, 0.3) is 0 Å². The minimum absolute atomic E-state index is 0.266. The van der Waals surface area contributed by atoms with E-state index in [2.05, 4.69) is 4.98 Å². The lowest BCUT2D eigenvalue weighted by Gasteiger charge is -2.37. The summed E-state index contributed by atoms with van der Waals surface area (Å²) in [5.41, 5.74) is 1.86. The zero-order valence-corrected chi connectivity index (χ0v) is 14.5. The van der Waals surface area contributed by atoms with Crippen LogP contribution in [0.4, 0.5) is 4.79 Å². The molecule has 0 aliphatic carbocycles. The summed E-state index contributed by atoms with van der Waals surface area (Å²) in [6.07, 6.45) is 0.646. The van der Waals surface area contributed by atoms with Crippen molar-refractivity contribution in [3.8, 4) is 0 Å². The number of piperidine rings is 1. The molecule has 1 amide bonds. The van der Waals surface area contributed by atoms with E-state index in [1.54, 1.807) is 4.90 Å². The number of aromatic nitrogens is 1. The van der Waals surface area contributed by atoms with Crippen molar-refractivity contribution in [2.24, 2.45) is 0 Å². The molecule has 4 rings (SSSR count). The molecule has 0 atom stereocenters. The summed E-state index contributed by atoms with van der Waals surface area (Å²) in [6, 6.07) is 19.6. The van der Waals surface area contributed by atoms with Crippen molar-refractivity contribution in [2.45, 2.75) is 25.0 Å². The Labute approximate surface area is 152 Å². The molecule has 5 heteroatoms. The molecule has 0 bridgehead atoms. The van der Waals surface area contributed by atoms with Crippen LogP contribution in [0.5, 0.6) is 0 Å². The highest BCUT2D eigenvalue weighted by Crippen LogP contribution is 2.34. The Hall–Kier alpha value is -2.79. The fraction of sp³-hybridized carbons (Fsp3) is 0.286. The fourth-order valence-corrected chi connectivity index (χ4v) is 3.46. The van der Waals surface area contributed by atoms with Gasteiger partial charge in [-0.25, -0.2) is 4.79 Å². The SMILES string of the molecule is O=C(OCc1ccccc1)N1CCC(O)(c2cc3ccccc3[nH]2)CC1. The molecule has 2 aromatic carbocycles. The normalized spacial score (nSPS) is 16.6. The maximum atomic E-state index is 12.3. The predicted molar refractivity (Wildman–Crippen MR) is 99.6 cm³/mol. The van der Waals surface area contributed by atoms with E-state index in [-0.39, 0.29) is 12.7 Å². The monoisotopic (exact) mass is 350 g/mol. The quantitative estimate of drug-likeness (QED) is 0.755. The molecule has 5 nitrogen and oxygen atoms in total. The molecule has 134 valence electrons. The molecule has 1 saturated heterocycles. The summed E-state index contributed by atoms with van der Waals surface area (Å²) in [4.78, 5) is 17.3. The van der Waals surface area contributed by atoms with Gasteiger partial charge in [0, 0.05) is 24.3 Å². The van der Waals surface area contributed by atoms with Gasteiger partial charge in [0.2, 0.25) is 0 Å². The fourth-order valence-electron chi connectivity index (χ4n) is 3.46. The second-order valence-corrected chi connectivity index (χ2v) is 6.83. The molecule has 0 spiro atoms. The number of para-hydroxylation sites is 1. The molecule has 2 N–H and O–H groups in total. The number of carbonyl (C=O) groups excluding carboxylic acids is 1. The first-order chi connectivity index (χ1) is 12.6.